The summed E-state index contributed by atoms with van der Waals surface area (Å²) in [5.41, 5.74) is 0. The molecule has 5 nitrogen and oxygen atoms in total. The van der Waals surface area contributed by atoms with Crippen LogP contribution in [-0.2, 0) is 23.9 Å². The third kappa shape index (κ3) is 9.53. The van der Waals surface area contributed by atoms with E-state index >= 15 is 0 Å². The molecule has 0 atom stereocenters. The summed E-state index contributed by atoms with van der Waals surface area (Å²) in [6.45, 7) is 3.91. The van der Waals surface area contributed by atoms with Crippen molar-refractivity contribution < 1.29 is 23.9 Å². The molecule has 0 saturated carbocycles. The number of hydrogen-bond acceptors (Lipinski definition) is 5. The van der Waals surface area contributed by atoms with Crippen LogP contribution in [0.15, 0.2) is 0 Å². The number of hydrogen-bond donors (Lipinski definition) is 0. The lowest BCUT2D eigenvalue weighted by Crippen LogP contribution is -2.13. The van der Waals surface area contributed by atoms with E-state index in [-0.39, 0.29) is 25.4 Å². The van der Waals surface area contributed by atoms with Crippen LogP contribution in [0.2, 0.25) is 0 Å². The zero-order valence-corrected chi connectivity index (χ0v) is 10.5. The Morgan fingerprint density at radius 2 is 1.35 bits per heavy atom. The molecule has 0 bridgehead atoms. The van der Waals surface area contributed by atoms with Crippen molar-refractivity contribution in [3.63, 3.8) is 0 Å². The first kappa shape index (κ1) is 15.6. The molecule has 0 aliphatic rings. The number of carbonyl (C=O) groups excluding carboxylic acids is 3. The van der Waals surface area contributed by atoms with Crippen molar-refractivity contribution in [2.75, 3.05) is 6.61 Å². The summed E-state index contributed by atoms with van der Waals surface area (Å²) in [6, 6.07) is 0. The van der Waals surface area contributed by atoms with Gasteiger partial charge < -0.3 is 9.47 Å². The van der Waals surface area contributed by atoms with Gasteiger partial charge >= 0.3 is 17.9 Å². The van der Waals surface area contributed by atoms with E-state index in [4.69, 9.17) is 4.74 Å². The average Bonchev–Trinajstić information content (AvgIpc) is 2.25. The van der Waals surface area contributed by atoms with Gasteiger partial charge in [-0.1, -0.05) is 13.8 Å². The van der Waals surface area contributed by atoms with Crippen molar-refractivity contribution in [2.24, 2.45) is 0 Å². The van der Waals surface area contributed by atoms with E-state index in [2.05, 4.69) is 4.74 Å². The van der Waals surface area contributed by atoms with Crippen LogP contribution in [0.5, 0.6) is 0 Å². The highest BCUT2D eigenvalue weighted by molar-refractivity contribution is 5.85. The van der Waals surface area contributed by atoms with Crippen LogP contribution in [0.4, 0.5) is 0 Å². The Labute approximate surface area is 101 Å². The minimum Gasteiger partial charge on any atom is -0.466 e. The zero-order valence-electron chi connectivity index (χ0n) is 10.5. The Hall–Kier alpha value is -1.39. The first-order valence-electron chi connectivity index (χ1n) is 5.99. The summed E-state index contributed by atoms with van der Waals surface area (Å²) in [6.07, 6.45) is 2.51. The van der Waals surface area contributed by atoms with Gasteiger partial charge in [0, 0.05) is 19.3 Å². The van der Waals surface area contributed by atoms with Gasteiger partial charge in [-0.2, -0.15) is 0 Å². The van der Waals surface area contributed by atoms with Gasteiger partial charge in [-0.25, -0.2) is 0 Å². The van der Waals surface area contributed by atoms with E-state index in [0.717, 1.165) is 6.42 Å². The van der Waals surface area contributed by atoms with Crippen molar-refractivity contribution in [3.05, 3.63) is 0 Å². The van der Waals surface area contributed by atoms with Gasteiger partial charge in [-0.15, -0.1) is 0 Å². The molecule has 0 saturated heterocycles. The summed E-state index contributed by atoms with van der Waals surface area (Å²) < 4.78 is 9.38. The van der Waals surface area contributed by atoms with Crippen molar-refractivity contribution in [1.82, 2.24) is 0 Å². The summed E-state index contributed by atoms with van der Waals surface area (Å²) >= 11 is 0. The SMILES string of the molecule is CCCC(=O)OCCCC(=O)OC(=O)CCC. The van der Waals surface area contributed by atoms with E-state index < -0.39 is 11.9 Å². The molecular formula is C12H20O5. The molecule has 0 aromatic heterocycles. The van der Waals surface area contributed by atoms with E-state index in [0.29, 0.717) is 19.3 Å². The molecule has 17 heavy (non-hydrogen) atoms. The lowest BCUT2D eigenvalue weighted by atomic mass is 10.3. The maximum absolute atomic E-state index is 11.1. The number of carbonyl (C=O) groups is 3. The van der Waals surface area contributed by atoms with Crippen LogP contribution in [0.25, 0.3) is 0 Å². The van der Waals surface area contributed by atoms with Crippen LogP contribution in [0.3, 0.4) is 0 Å². The predicted octanol–water partition coefficient (Wildman–Crippen LogP) is 1.98. The van der Waals surface area contributed by atoms with Crippen LogP contribution in [-0.4, -0.2) is 24.5 Å². The number of ether oxygens (including phenoxy) is 2. The van der Waals surface area contributed by atoms with Gasteiger partial charge in [0.15, 0.2) is 0 Å². The standard InChI is InChI=1S/C12H20O5/c1-3-6-10(13)16-9-5-8-12(15)17-11(14)7-4-2/h3-9H2,1-2H3. The minimum atomic E-state index is -0.560. The van der Waals surface area contributed by atoms with Crippen LogP contribution >= 0.6 is 0 Å². The van der Waals surface area contributed by atoms with Crippen LogP contribution < -0.4 is 0 Å². The molecule has 5 heteroatoms. The smallest absolute Gasteiger partial charge is 0.313 e. The van der Waals surface area contributed by atoms with Crippen molar-refractivity contribution >= 4 is 17.9 Å². The molecule has 0 aromatic rings. The topological polar surface area (TPSA) is 69.7 Å². The molecule has 0 radical (unpaired) electrons. The van der Waals surface area contributed by atoms with E-state index in [1.807, 2.05) is 13.8 Å². The minimum absolute atomic E-state index is 0.0921. The highest BCUT2D eigenvalue weighted by Gasteiger charge is 2.09. The Morgan fingerprint density at radius 3 is 1.94 bits per heavy atom. The predicted molar refractivity (Wildman–Crippen MR) is 61.1 cm³/mol. The normalized spacial score (nSPS) is 9.76. The van der Waals surface area contributed by atoms with E-state index in [9.17, 15) is 14.4 Å². The van der Waals surface area contributed by atoms with Gasteiger partial charge in [-0.3, -0.25) is 14.4 Å². The summed E-state index contributed by atoms with van der Waals surface area (Å²) in [5.74, 6) is -1.32. The van der Waals surface area contributed by atoms with Gasteiger partial charge in [0.05, 0.1) is 6.61 Å². The molecule has 0 aliphatic carbocycles. The quantitative estimate of drug-likeness (QED) is 0.371. The molecule has 0 N–H and O–H groups in total. The zero-order chi connectivity index (χ0) is 13.1. The second-order valence-corrected chi connectivity index (χ2v) is 3.67. The van der Waals surface area contributed by atoms with Crippen LogP contribution in [0, 0.1) is 0 Å². The first-order valence-corrected chi connectivity index (χ1v) is 5.99. The highest BCUT2D eigenvalue weighted by atomic mass is 16.6. The molecule has 0 rings (SSSR count). The number of rotatable bonds is 8. The summed E-state index contributed by atoms with van der Waals surface area (Å²) in [7, 11) is 0. The third-order valence-corrected chi connectivity index (χ3v) is 1.92. The molecule has 0 aromatic carbocycles. The second kappa shape index (κ2) is 9.81. The fourth-order valence-corrected chi connectivity index (χ4v) is 1.11. The lowest BCUT2D eigenvalue weighted by molar-refractivity contribution is -0.160. The fourth-order valence-electron chi connectivity index (χ4n) is 1.11. The molecule has 0 heterocycles. The van der Waals surface area contributed by atoms with Gasteiger partial charge in [-0.05, 0) is 19.3 Å². The van der Waals surface area contributed by atoms with E-state index in [1.165, 1.54) is 0 Å². The molecule has 0 fully saturated rings. The van der Waals surface area contributed by atoms with Crippen molar-refractivity contribution in [3.8, 4) is 0 Å². The molecule has 0 amide bonds. The maximum atomic E-state index is 11.1. The molecular weight excluding hydrogens is 224 g/mol. The monoisotopic (exact) mass is 244 g/mol. The Balaban J connectivity index is 3.51. The first-order chi connectivity index (χ1) is 8.10. The van der Waals surface area contributed by atoms with Crippen molar-refractivity contribution in [1.29, 1.82) is 0 Å². The number of esters is 3. The van der Waals surface area contributed by atoms with Crippen LogP contribution in [0.1, 0.15) is 52.4 Å². The summed E-state index contributed by atoms with van der Waals surface area (Å²) in [5, 5.41) is 0. The average molecular weight is 244 g/mol. The molecule has 0 aliphatic heterocycles. The Morgan fingerprint density at radius 1 is 0.824 bits per heavy atom. The van der Waals surface area contributed by atoms with Crippen molar-refractivity contribution in [2.45, 2.75) is 52.4 Å². The maximum Gasteiger partial charge on any atom is 0.313 e. The van der Waals surface area contributed by atoms with Gasteiger partial charge in [0.25, 0.3) is 0 Å². The Kier molecular flexibility index (Phi) is 9.01. The largest absolute Gasteiger partial charge is 0.466 e. The van der Waals surface area contributed by atoms with Gasteiger partial charge in [0.2, 0.25) is 0 Å². The lowest BCUT2D eigenvalue weighted by Gasteiger charge is -2.04. The van der Waals surface area contributed by atoms with E-state index in [1.54, 1.807) is 0 Å². The molecule has 0 unspecified atom stereocenters. The summed E-state index contributed by atoms with van der Waals surface area (Å²) in [4.78, 5) is 33.0. The second-order valence-electron chi connectivity index (χ2n) is 3.67. The highest BCUT2D eigenvalue weighted by Crippen LogP contribution is 1.99. The molecule has 98 valence electrons. The fraction of sp³-hybridized carbons (Fsp3) is 0.750. The Bertz CT molecular complexity index is 260. The third-order valence-electron chi connectivity index (χ3n) is 1.92. The molecule has 0 spiro atoms. The van der Waals surface area contributed by atoms with Gasteiger partial charge in [0.1, 0.15) is 0 Å².